The lowest BCUT2D eigenvalue weighted by Gasteiger charge is -2.21. The van der Waals surface area contributed by atoms with E-state index in [0.29, 0.717) is 20.7 Å². The molecule has 0 aliphatic carbocycles. The number of carbonyl (C=O) groups excluding carboxylic acids is 2. The van der Waals surface area contributed by atoms with Gasteiger partial charge in [0.2, 0.25) is 11.0 Å². The van der Waals surface area contributed by atoms with Crippen LogP contribution in [0.2, 0.25) is 5.02 Å². The highest BCUT2D eigenvalue weighted by molar-refractivity contribution is 7.18. The van der Waals surface area contributed by atoms with Crippen molar-refractivity contribution in [2.45, 2.75) is 26.8 Å². The summed E-state index contributed by atoms with van der Waals surface area (Å²) in [6.07, 6.45) is 0. The van der Waals surface area contributed by atoms with Crippen LogP contribution in [0.5, 0.6) is 0 Å². The number of hydrogen-bond acceptors (Lipinski definition) is 5. The number of halogens is 1. The van der Waals surface area contributed by atoms with Crippen molar-refractivity contribution in [3.63, 3.8) is 0 Å². The molecular formula is C21H21ClN4O2S. The molecule has 3 rings (SSSR count). The number of amides is 2. The van der Waals surface area contributed by atoms with Crippen molar-refractivity contribution in [2.75, 3.05) is 5.32 Å². The summed E-state index contributed by atoms with van der Waals surface area (Å²) in [4.78, 5) is 25.2. The molecule has 1 atom stereocenters. The summed E-state index contributed by atoms with van der Waals surface area (Å²) < 4.78 is 0. The number of aromatic nitrogens is 2. The molecule has 0 saturated carbocycles. The number of hydrogen-bond donors (Lipinski definition) is 2. The zero-order valence-corrected chi connectivity index (χ0v) is 17.8. The molecule has 6 nitrogen and oxygen atoms in total. The fraction of sp³-hybridized carbons (Fsp3) is 0.238. The third kappa shape index (κ3) is 5.40. The maximum Gasteiger partial charge on any atom is 0.251 e. The molecule has 0 radical (unpaired) electrons. The zero-order valence-electron chi connectivity index (χ0n) is 16.3. The maximum atomic E-state index is 12.8. The van der Waals surface area contributed by atoms with Gasteiger partial charge in [0.25, 0.3) is 5.91 Å². The predicted molar refractivity (Wildman–Crippen MR) is 116 cm³/mol. The Balaban J connectivity index is 1.69. The number of rotatable bonds is 6. The van der Waals surface area contributed by atoms with Gasteiger partial charge in [-0.05, 0) is 37.1 Å². The smallest absolute Gasteiger partial charge is 0.251 e. The summed E-state index contributed by atoms with van der Waals surface area (Å²) in [5.74, 6) is -0.794. The molecule has 1 heterocycles. The lowest BCUT2D eigenvalue weighted by Crippen LogP contribution is -2.47. The van der Waals surface area contributed by atoms with Gasteiger partial charge < -0.3 is 5.32 Å². The van der Waals surface area contributed by atoms with Crippen molar-refractivity contribution in [3.05, 3.63) is 64.7 Å². The van der Waals surface area contributed by atoms with Gasteiger partial charge in [-0.15, -0.1) is 10.2 Å². The topological polar surface area (TPSA) is 84.0 Å². The van der Waals surface area contributed by atoms with E-state index in [4.69, 9.17) is 11.6 Å². The normalized spacial score (nSPS) is 11.9. The monoisotopic (exact) mass is 428 g/mol. The summed E-state index contributed by atoms with van der Waals surface area (Å²) >= 11 is 7.14. The summed E-state index contributed by atoms with van der Waals surface area (Å²) in [7, 11) is 0. The average Bonchev–Trinajstić information content (AvgIpc) is 3.15. The molecule has 2 N–H and O–H groups in total. The Hall–Kier alpha value is -2.77. The van der Waals surface area contributed by atoms with Crippen molar-refractivity contribution in [1.82, 2.24) is 15.5 Å². The molecule has 0 fully saturated rings. The van der Waals surface area contributed by atoms with Crippen LogP contribution < -0.4 is 10.6 Å². The van der Waals surface area contributed by atoms with E-state index in [1.165, 1.54) is 11.3 Å². The van der Waals surface area contributed by atoms with Crippen molar-refractivity contribution in [2.24, 2.45) is 5.92 Å². The van der Waals surface area contributed by atoms with Crippen molar-refractivity contribution in [3.8, 4) is 10.6 Å². The van der Waals surface area contributed by atoms with Gasteiger partial charge in [-0.3, -0.25) is 14.9 Å². The van der Waals surface area contributed by atoms with Gasteiger partial charge >= 0.3 is 0 Å². The summed E-state index contributed by atoms with van der Waals surface area (Å²) in [6, 6.07) is 13.7. The molecule has 150 valence electrons. The first kappa shape index (κ1) is 21.0. The van der Waals surface area contributed by atoms with E-state index in [9.17, 15) is 9.59 Å². The zero-order chi connectivity index (χ0) is 21.0. The van der Waals surface area contributed by atoms with Crippen LogP contribution in [0.1, 0.15) is 29.8 Å². The molecule has 1 aromatic heterocycles. The van der Waals surface area contributed by atoms with Crippen LogP contribution in [0, 0.1) is 12.8 Å². The van der Waals surface area contributed by atoms with Crippen LogP contribution in [-0.2, 0) is 4.79 Å². The molecule has 0 spiro atoms. The van der Waals surface area contributed by atoms with E-state index < -0.39 is 6.04 Å². The third-order valence-electron chi connectivity index (χ3n) is 4.30. The summed E-state index contributed by atoms with van der Waals surface area (Å²) in [6.45, 7) is 5.74. The van der Waals surface area contributed by atoms with Crippen molar-refractivity contribution in [1.29, 1.82) is 0 Å². The minimum absolute atomic E-state index is 0.115. The highest BCUT2D eigenvalue weighted by Crippen LogP contribution is 2.26. The molecule has 29 heavy (non-hydrogen) atoms. The lowest BCUT2D eigenvalue weighted by molar-refractivity contribution is -0.118. The van der Waals surface area contributed by atoms with E-state index in [0.717, 1.165) is 11.1 Å². The van der Waals surface area contributed by atoms with Gasteiger partial charge in [-0.2, -0.15) is 0 Å². The Morgan fingerprint density at radius 1 is 1.00 bits per heavy atom. The van der Waals surface area contributed by atoms with E-state index in [-0.39, 0.29) is 17.7 Å². The molecule has 0 saturated heterocycles. The van der Waals surface area contributed by atoms with Crippen LogP contribution in [0.3, 0.4) is 0 Å². The van der Waals surface area contributed by atoms with Gasteiger partial charge in [-0.1, -0.05) is 66.6 Å². The molecule has 2 amide bonds. The Morgan fingerprint density at radius 2 is 1.66 bits per heavy atom. The number of benzene rings is 2. The van der Waals surface area contributed by atoms with Crippen LogP contribution >= 0.6 is 22.9 Å². The highest BCUT2D eigenvalue weighted by Gasteiger charge is 2.25. The van der Waals surface area contributed by atoms with Gasteiger partial charge in [0.05, 0.1) is 0 Å². The van der Waals surface area contributed by atoms with Gasteiger partial charge in [-0.25, -0.2) is 0 Å². The lowest BCUT2D eigenvalue weighted by atomic mass is 10.0. The molecular weight excluding hydrogens is 408 g/mol. The minimum atomic E-state index is -0.718. The highest BCUT2D eigenvalue weighted by atomic mass is 35.5. The molecule has 3 aromatic rings. The predicted octanol–water partition coefficient (Wildman–Crippen LogP) is 4.56. The number of nitrogens with one attached hydrogen (secondary N) is 2. The third-order valence-corrected chi connectivity index (χ3v) is 5.44. The second-order valence-electron chi connectivity index (χ2n) is 6.97. The first-order valence-corrected chi connectivity index (χ1v) is 10.3. The van der Waals surface area contributed by atoms with E-state index >= 15 is 0 Å². The first-order valence-electron chi connectivity index (χ1n) is 9.11. The summed E-state index contributed by atoms with van der Waals surface area (Å²) in [5.41, 5.74) is 2.53. The SMILES string of the molecule is Cc1ccc(-c2nnc(NC(=O)C(NC(=O)c3ccc(Cl)cc3)C(C)C)s2)cc1. The van der Waals surface area contributed by atoms with E-state index in [1.807, 2.05) is 45.0 Å². The number of carbonyl (C=O) groups is 2. The van der Waals surface area contributed by atoms with Crippen LogP contribution in [0.4, 0.5) is 5.13 Å². The van der Waals surface area contributed by atoms with Crippen LogP contribution in [0.15, 0.2) is 48.5 Å². The fourth-order valence-corrected chi connectivity index (χ4v) is 3.51. The van der Waals surface area contributed by atoms with Crippen LogP contribution in [0.25, 0.3) is 10.6 Å². The molecule has 0 bridgehead atoms. The number of nitrogens with zero attached hydrogens (tertiary/aromatic N) is 2. The first-order chi connectivity index (χ1) is 13.8. The average molecular weight is 429 g/mol. The largest absolute Gasteiger partial charge is 0.340 e. The minimum Gasteiger partial charge on any atom is -0.340 e. The van der Waals surface area contributed by atoms with E-state index in [1.54, 1.807) is 24.3 Å². The Bertz CT molecular complexity index is 1000. The Labute approximate surface area is 178 Å². The Kier molecular flexibility index (Phi) is 6.61. The van der Waals surface area contributed by atoms with Gasteiger partial charge in [0, 0.05) is 16.1 Å². The molecule has 2 aromatic carbocycles. The Morgan fingerprint density at radius 3 is 2.28 bits per heavy atom. The fourth-order valence-electron chi connectivity index (χ4n) is 2.63. The van der Waals surface area contributed by atoms with Gasteiger partial charge in [0.1, 0.15) is 11.0 Å². The molecule has 0 aliphatic heterocycles. The maximum absolute atomic E-state index is 12.8. The quantitative estimate of drug-likeness (QED) is 0.602. The van der Waals surface area contributed by atoms with Gasteiger partial charge in [0.15, 0.2) is 0 Å². The van der Waals surface area contributed by atoms with Crippen LogP contribution in [-0.4, -0.2) is 28.1 Å². The standard InChI is InChI=1S/C21H21ClN4O2S/c1-12(2)17(23-18(27)14-8-10-16(22)11-9-14)19(28)24-21-26-25-20(29-21)15-6-4-13(3)5-7-15/h4-12,17H,1-3H3,(H,23,27)(H,24,26,28). The molecule has 8 heteroatoms. The van der Waals surface area contributed by atoms with E-state index in [2.05, 4.69) is 20.8 Å². The summed E-state index contributed by atoms with van der Waals surface area (Å²) in [5, 5.41) is 15.4. The number of anilines is 1. The second-order valence-corrected chi connectivity index (χ2v) is 8.38. The van der Waals surface area contributed by atoms with Crippen molar-refractivity contribution < 1.29 is 9.59 Å². The number of aryl methyl sites for hydroxylation is 1. The molecule has 1 unspecified atom stereocenters. The van der Waals surface area contributed by atoms with Crippen molar-refractivity contribution >= 4 is 39.9 Å². The second kappa shape index (κ2) is 9.15. The molecule has 0 aliphatic rings.